The molecule has 0 aliphatic heterocycles. The van der Waals surface area contributed by atoms with E-state index in [-0.39, 0.29) is 5.69 Å². The maximum absolute atomic E-state index is 12.3. The van der Waals surface area contributed by atoms with Crippen LogP contribution in [0.4, 0.5) is 0 Å². The van der Waals surface area contributed by atoms with Crippen LogP contribution >= 0.6 is 11.6 Å². The third-order valence-corrected chi connectivity index (χ3v) is 4.60. The predicted molar refractivity (Wildman–Crippen MR) is 88.7 cm³/mol. The van der Waals surface area contributed by atoms with Crippen LogP contribution in [0.25, 0.3) is 11.3 Å². The van der Waals surface area contributed by atoms with Crippen molar-refractivity contribution < 1.29 is 19.5 Å². The first-order valence-electron chi connectivity index (χ1n) is 7.95. The van der Waals surface area contributed by atoms with E-state index in [9.17, 15) is 15.0 Å². The second kappa shape index (κ2) is 7.34. The predicted octanol–water partition coefficient (Wildman–Crippen LogP) is 2.39. The number of benzene rings is 1. The molecular formula is C17H19ClN2O4. The molecule has 1 aromatic heterocycles. The van der Waals surface area contributed by atoms with Crippen LogP contribution in [0.5, 0.6) is 0 Å². The Bertz CT molecular complexity index is 718. The van der Waals surface area contributed by atoms with E-state index in [1.807, 2.05) is 6.07 Å². The van der Waals surface area contributed by atoms with Gasteiger partial charge in [-0.3, -0.25) is 4.79 Å². The smallest absolute Gasteiger partial charge is 0.273 e. The molecule has 0 saturated heterocycles. The summed E-state index contributed by atoms with van der Waals surface area (Å²) >= 11 is 6.11. The van der Waals surface area contributed by atoms with Gasteiger partial charge in [-0.15, -0.1) is 0 Å². The van der Waals surface area contributed by atoms with Crippen molar-refractivity contribution in [2.75, 3.05) is 0 Å². The SMILES string of the molecule is O=C(N[C@@H]1CCCC[C@@H](O)[C@@H]1O)c1cc(-c2ccccc2Cl)on1. The Morgan fingerprint density at radius 3 is 2.79 bits per heavy atom. The van der Waals surface area contributed by atoms with Gasteiger partial charge < -0.3 is 20.1 Å². The molecule has 0 unspecified atom stereocenters. The highest BCUT2D eigenvalue weighted by Crippen LogP contribution is 2.28. The summed E-state index contributed by atoms with van der Waals surface area (Å²) in [6.07, 6.45) is 1.00. The first-order valence-corrected chi connectivity index (χ1v) is 8.32. The van der Waals surface area contributed by atoms with E-state index in [0.29, 0.717) is 29.2 Å². The number of amides is 1. The molecule has 1 amide bonds. The van der Waals surface area contributed by atoms with Crippen LogP contribution in [0, 0.1) is 0 Å². The molecule has 0 bridgehead atoms. The van der Waals surface area contributed by atoms with Crippen molar-refractivity contribution in [2.45, 2.75) is 43.9 Å². The van der Waals surface area contributed by atoms with Gasteiger partial charge in [-0.2, -0.15) is 0 Å². The van der Waals surface area contributed by atoms with Gasteiger partial charge in [-0.25, -0.2) is 0 Å². The Morgan fingerprint density at radius 1 is 1.25 bits per heavy atom. The molecule has 1 aromatic carbocycles. The van der Waals surface area contributed by atoms with Gasteiger partial charge in [-0.05, 0) is 25.0 Å². The van der Waals surface area contributed by atoms with Crippen molar-refractivity contribution in [2.24, 2.45) is 0 Å². The van der Waals surface area contributed by atoms with Crippen molar-refractivity contribution in [1.29, 1.82) is 0 Å². The summed E-state index contributed by atoms with van der Waals surface area (Å²) in [6, 6.07) is 8.12. The summed E-state index contributed by atoms with van der Waals surface area (Å²) < 4.78 is 5.21. The quantitative estimate of drug-likeness (QED) is 0.739. The van der Waals surface area contributed by atoms with E-state index in [4.69, 9.17) is 16.1 Å². The molecule has 1 aliphatic carbocycles. The third-order valence-electron chi connectivity index (χ3n) is 4.27. The first-order chi connectivity index (χ1) is 11.6. The molecule has 128 valence electrons. The van der Waals surface area contributed by atoms with Gasteiger partial charge in [0.15, 0.2) is 11.5 Å². The van der Waals surface area contributed by atoms with Crippen LogP contribution in [-0.4, -0.2) is 39.5 Å². The Morgan fingerprint density at radius 2 is 2.00 bits per heavy atom. The zero-order valence-electron chi connectivity index (χ0n) is 13.0. The minimum absolute atomic E-state index is 0.107. The molecule has 1 heterocycles. The minimum atomic E-state index is -0.980. The van der Waals surface area contributed by atoms with Crippen molar-refractivity contribution in [3.8, 4) is 11.3 Å². The summed E-state index contributed by atoms with van der Waals surface area (Å²) in [7, 11) is 0. The zero-order chi connectivity index (χ0) is 17.1. The van der Waals surface area contributed by atoms with Gasteiger partial charge in [0.2, 0.25) is 0 Å². The van der Waals surface area contributed by atoms with Crippen LogP contribution in [-0.2, 0) is 0 Å². The number of carbonyl (C=O) groups excluding carboxylic acids is 1. The molecule has 1 saturated carbocycles. The topological polar surface area (TPSA) is 95.6 Å². The fourth-order valence-electron chi connectivity index (χ4n) is 2.90. The molecule has 0 radical (unpaired) electrons. The molecule has 3 rings (SSSR count). The summed E-state index contributed by atoms with van der Waals surface area (Å²) in [6.45, 7) is 0. The molecule has 6 nitrogen and oxygen atoms in total. The van der Waals surface area contributed by atoms with E-state index >= 15 is 0 Å². The van der Waals surface area contributed by atoms with Gasteiger partial charge in [-0.1, -0.05) is 41.7 Å². The lowest BCUT2D eigenvalue weighted by Gasteiger charge is -2.24. The highest BCUT2D eigenvalue weighted by molar-refractivity contribution is 6.33. The van der Waals surface area contributed by atoms with Crippen LogP contribution in [0.1, 0.15) is 36.2 Å². The molecule has 1 fully saturated rings. The largest absolute Gasteiger partial charge is 0.390 e. The van der Waals surface area contributed by atoms with Gasteiger partial charge in [0.25, 0.3) is 5.91 Å². The molecule has 3 N–H and O–H groups in total. The van der Waals surface area contributed by atoms with E-state index in [1.54, 1.807) is 18.2 Å². The molecule has 3 atom stereocenters. The number of nitrogens with zero attached hydrogens (tertiary/aromatic N) is 1. The molecule has 7 heteroatoms. The van der Waals surface area contributed by atoms with E-state index in [0.717, 1.165) is 12.8 Å². The highest BCUT2D eigenvalue weighted by Gasteiger charge is 2.30. The fourth-order valence-corrected chi connectivity index (χ4v) is 3.13. The number of rotatable bonds is 3. The average Bonchev–Trinajstić information content (AvgIpc) is 3.01. The Labute approximate surface area is 144 Å². The molecule has 1 aliphatic rings. The monoisotopic (exact) mass is 350 g/mol. The normalized spacial score (nSPS) is 24.4. The van der Waals surface area contributed by atoms with Crippen molar-refractivity contribution in [3.05, 3.63) is 41.0 Å². The van der Waals surface area contributed by atoms with Crippen LogP contribution in [0.15, 0.2) is 34.9 Å². The third kappa shape index (κ3) is 3.61. The Kier molecular flexibility index (Phi) is 5.18. The summed E-state index contributed by atoms with van der Waals surface area (Å²) in [4.78, 5) is 12.3. The summed E-state index contributed by atoms with van der Waals surface area (Å²) in [5, 5.41) is 27.0. The number of halogens is 1. The van der Waals surface area contributed by atoms with Gasteiger partial charge >= 0.3 is 0 Å². The number of hydrogen-bond acceptors (Lipinski definition) is 5. The van der Waals surface area contributed by atoms with Gasteiger partial charge in [0.05, 0.1) is 23.3 Å². The number of hydrogen-bond donors (Lipinski definition) is 3. The molecule has 24 heavy (non-hydrogen) atoms. The van der Waals surface area contributed by atoms with Crippen molar-refractivity contribution >= 4 is 17.5 Å². The summed E-state index contributed by atoms with van der Waals surface area (Å²) in [5.41, 5.74) is 0.756. The zero-order valence-corrected chi connectivity index (χ0v) is 13.7. The standard InChI is InChI=1S/C17H19ClN2O4/c18-11-6-2-1-5-10(11)15-9-13(20-24-15)17(23)19-12-7-3-4-8-14(21)16(12)22/h1-2,5-6,9,12,14,16,21-22H,3-4,7-8H2,(H,19,23)/t12-,14-,16-/m1/s1. The second-order valence-electron chi connectivity index (χ2n) is 5.98. The van der Waals surface area contributed by atoms with Gasteiger partial charge in [0.1, 0.15) is 0 Å². The van der Waals surface area contributed by atoms with E-state index < -0.39 is 24.2 Å². The van der Waals surface area contributed by atoms with E-state index in [1.165, 1.54) is 6.07 Å². The molecule has 0 spiro atoms. The lowest BCUT2D eigenvalue weighted by Crippen LogP contribution is -2.47. The molecular weight excluding hydrogens is 332 g/mol. The van der Waals surface area contributed by atoms with Gasteiger partial charge in [0, 0.05) is 11.6 Å². The first kappa shape index (κ1) is 17.0. The number of aliphatic hydroxyl groups excluding tert-OH is 2. The number of nitrogens with one attached hydrogen (secondary N) is 1. The number of carbonyl (C=O) groups is 1. The lowest BCUT2D eigenvalue weighted by molar-refractivity contribution is -0.00131. The average molecular weight is 351 g/mol. The van der Waals surface area contributed by atoms with Crippen LogP contribution in [0.2, 0.25) is 5.02 Å². The van der Waals surface area contributed by atoms with Crippen LogP contribution < -0.4 is 5.32 Å². The maximum Gasteiger partial charge on any atom is 0.273 e. The number of aromatic nitrogens is 1. The second-order valence-corrected chi connectivity index (χ2v) is 6.39. The summed E-state index contributed by atoms with van der Waals surface area (Å²) in [5.74, 6) is -0.0533. The Balaban J connectivity index is 1.73. The van der Waals surface area contributed by atoms with Crippen molar-refractivity contribution in [1.82, 2.24) is 10.5 Å². The highest BCUT2D eigenvalue weighted by atomic mass is 35.5. The minimum Gasteiger partial charge on any atom is -0.390 e. The Hall–Kier alpha value is -1.89. The van der Waals surface area contributed by atoms with Crippen molar-refractivity contribution in [3.63, 3.8) is 0 Å². The molecule has 2 aromatic rings. The fraction of sp³-hybridized carbons (Fsp3) is 0.412. The lowest BCUT2D eigenvalue weighted by atomic mass is 10.0. The maximum atomic E-state index is 12.3. The van der Waals surface area contributed by atoms with Crippen LogP contribution in [0.3, 0.4) is 0 Å². The van der Waals surface area contributed by atoms with E-state index in [2.05, 4.69) is 10.5 Å². The number of aliphatic hydroxyl groups is 2.